The van der Waals surface area contributed by atoms with Crippen molar-refractivity contribution in [3.05, 3.63) is 113 Å². The van der Waals surface area contributed by atoms with E-state index in [0.717, 1.165) is 59.6 Å². The van der Waals surface area contributed by atoms with Gasteiger partial charge in [0, 0.05) is 32.7 Å². The number of fused-ring (bicyclic) bond motifs is 1. The molecule has 0 spiro atoms. The number of amides is 3. The first-order chi connectivity index (χ1) is 24.4. The number of amidine groups is 1. The first-order valence-electron chi connectivity index (χ1n) is 17.2. The number of nitrogens with two attached hydrogens (primary N) is 1. The highest BCUT2D eigenvalue weighted by Crippen LogP contribution is 2.27. The van der Waals surface area contributed by atoms with Crippen molar-refractivity contribution in [2.24, 2.45) is 17.6 Å². The van der Waals surface area contributed by atoms with Crippen LogP contribution in [-0.2, 0) is 43.9 Å². The van der Waals surface area contributed by atoms with Gasteiger partial charge in [-0.3, -0.25) is 19.8 Å². The predicted octanol–water partition coefficient (Wildman–Crippen LogP) is 4.23. The van der Waals surface area contributed by atoms with Crippen LogP contribution in [0.15, 0.2) is 95.9 Å². The summed E-state index contributed by atoms with van der Waals surface area (Å²) in [6.07, 6.45) is 4.65. The van der Waals surface area contributed by atoms with Crippen LogP contribution in [0, 0.1) is 17.2 Å². The van der Waals surface area contributed by atoms with Gasteiger partial charge in [0.1, 0.15) is 17.8 Å². The van der Waals surface area contributed by atoms with E-state index in [-0.39, 0.29) is 48.0 Å². The van der Waals surface area contributed by atoms with E-state index in [1.165, 1.54) is 4.90 Å². The lowest BCUT2D eigenvalue weighted by Gasteiger charge is -2.31. The lowest BCUT2D eigenvalue weighted by atomic mass is 9.83. The summed E-state index contributed by atoms with van der Waals surface area (Å²) in [5.41, 5.74) is 8.35. The molecule has 0 aliphatic heterocycles. The first-order valence-corrected chi connectivity index (χ1v) is 18.7. The van der Waals surface area contributed by atoms with Crippen LogP contribution in [0.2, 0.25) is 0 Å². The molecule has 11 nitrogen and oxygen atoms in total. The van der Waals surface area contributed by atoms with E-state index in [9.17, 15) is 22.8 Å². The molecule has 4 aromatic carbocycles. The maximum atomic E-state index is 13.8. The average Bonchev–Trinajstić information content (AvgIpc) is 3.14. The van der Waals surface area contributed by atoms with Gasteiger partial charge in [-0.25, -0.2) is 13.1 Å². The van der Waals surface area contributed by atoms with Gasteiger partial charge in [0.2, 0.25) is 27.7 Å². The van der Waals surface area contributed by atoms with Gasteiger partial charge in [0.15, 0.2) is 0 Å². The number of sulfonamides is 1. The number of hydrogen-bond acceptors (Lipinski definition) is 6. The van der Waals surface area contributed by atoms with Crippen molar-refractivity contribution in [1.29, 1.82) is 5.41 Å². The van der Waals surface area contributed by atoms with Crippen LogP contribution >= 0.6 is 0 Å². The van der Waals surface area contributed by atoms with Crippen molar-refractivity contribution in [2.75, 3.05) is 14.1 Å². The van der Waals surface area contributed by atoms with Crippen molar-refractivity contribution in [2.45, 2.75) is 62.6 Å². The van der Waals surface area contributed by atoms with E-state index in [1.807, 2.05) is 48.5 Å². The van der Waals surface area contributed by atoms with Gasteiger partial charge in [0.05, 0.1) is 4.90 Å². The quantitative estimate of drug-likeness (QED) is 0.0744. The van der Waals surface area contributed by atoms with Crippen LogP contribution in [0.1, 0.15) is 54.4 Å². The Hall–Kier alpha value is -5.07. The molecule has 0 bridgehead atoms. The highest BCUT2D eigenvalue weighted by Gasteiger charge is 2.35. The highest BCUT2D eigenvalue weighted by atomic mass is 32.2. The molecular formula is C39H46N6O5S. The van der Waals surface area contributed by atoms with Crippen molar-refractivity contribution < 1.29 is 22.8 Å². The molecule has 4 aromatic rings. The molecular weight excluding hydrogens is 665 g/mol. The van der Waals surface area contributed by atoms with Crippen LogP contribution in [0.3, 0.4) is 0 Å². The Morgan fingerprint density at radius 1 is 0.804 bits per heavy atom. The fourth-order valence-electron chi connectivity index (χ4n) is 6.52. The van der Waals surface area contributed by atoms with Gasteiger partial charge >= 0.3 is 0 Å². The normalized spacial score (nSPS) is 14.7. The Balaban J connectivity index is 1.25. The number of benzene rings is 4. The molecule has 0 saturated heterocycles. The summed E-state index contributed by atoms with van der Waals surface area (Å²) in [7, 11) is -0.583. The molecule has 51 heavy (non-hydrogen) atoms. The van der Waals surface area contributed by atoms with Gasteiger partial charge in [-0.1, -0.05) is 98.1 Å². The second-order valence-corrected chi connectivity index (χ2v) is 15.1. The van der Waals surface area contributed by atoms with Crippen LogP contribution in [0.4, 0.5) is 0 Å². The number of rotatable bonds is 14. The maximum Gasteiger partial charge on any atom is 0.243 e. The third-order valence-corrected chi connectivity index (χ3v) is 10.8. The largest absolute Gasteiger partial charge is 0.384 e. The molecule has 1 unspecified atom stereocenters. The smallest absolute Gasteiger partial charge is 0.243 e. The van der Waals surface area contributed by atoms with Crippen LogP contribution < -0.4 is 21.1 Å². The minimum absolute atomic E-state index is 0.0659. The summed E-state index contributed by atoms with van der Waals surface area (Å²) in [6.45, 7) is 0.238. The molecule has 5 rings (SSSR count). The van der Waals surface area contributed by atoms with E-state index >= 15 is 0 Å². The van der Waals surface area contributed by atoms with Crippen molar-refractivity contribution in [3.63, 3.8) is 0 Å². The molecule has 0 aromatic heterocycles. The van der Waals surface area contributed by atoms with Gasteiger partial charge in [-0.2, -0.15) is 0 Å². The first kappa shape index (κ1) is 37.2. The maximum absolute atomic E-state index is 13.8. The summed E-state index contributed by atoms with van der Waals surface area (Å²) >= 11 is 0. The zero-order valence-corrected chi connectivity index (χ0v) is 29.8. The van der Waals surface area contributed by atoms with Crippen molar-refractivity contribution in [3.8, 4) is 0 Å². The van der Waals surface area contributed by atoms with E-state index in [2.05, 4.69) is 15.4 Å². The fourth-order valence-corrected chi connectivity index (χ4v) is 7.58. The monoisotopic (exact) mass is 710 g/mol. The number of carbonyl (C=O) groups is 3. The Kier molecular flexibility index (Phi) is 12.2. The summed E-state index contributed by atoms with van der Waals surface area (Å²) in [5.74, 6) is -2.44. The summed E-state index contributed by atoms with van der Waals surface area (Å²) in [6, 6.07) is 25.9. The van der Waals surface area contributed by atoms with E-state index in [4.69, 9.17) is 11.1 Å². The zero-order valence-electron chi connectivity index (χ0n) is 29.0. The molecule has 268 valence electrons. The Bertz CT molecular complexity index is 1990. The van der Waals surface area contributed by atoms with Crippen molar-refractivity contribution >= 4 is 44.4 Å². The third kappa shape index (κ3) is 9.80. The number of nitrogen functional groups attached to an aromatic ring is 1. The Labute approximate surface area is 299 Å². The molecule has 1 fully saturated rings. The lowest BCUT2D eigenvalue weighted by Crippen LogP contribution is -2.54. The van der Waals surface area contributed by atoms with Gasteiger partial charge in [-0.15, -0.1) is 0 Å². The average molecular weight is 711 g/mol. The van der Waals surface area contributed by atoms with Crippen LogP contribution in [0.25, 0.3) is 10.8 Å². The standard InChI is InChI=1S/C39H46N6O5S/c1-45(2)39(48)34(22-26-15-17-31(18-16-26)36(40)41)37(46)44-35(30-12-4-3-5-13-30)38(47)42-24-27-9-8-10-28(21-27)25-43-51(49,50)33-20-19-29-11-6-7-14-32(29)23-33/h6-11,14-21,23,30,34-35,43H,3-5,12-13,22,24-25H2,1-2H3,(H3,40,41)(H,42,47)(H,44,46)/t34?,35-/m0/s1. The highest BCUT2D eigenvalue weighted by molar-refractivity contribution is 7.89. The predicted molar refractivity (Wildman–Crippen MR) is 198 cm³/mol. The SMILES string of the molecule is CN(C)C(=O)C(Cc1ccc(C(=N)N)cc1)C(=O)N[C@H](C(=O)NCc1cccc(CNS(=O)(=O)c2ccc3ccccc3c2)c1)C1CCCCC1. The Morgan fingerprint density at radius 2 is 1.47 bits per heavy atom. The summed E-state index contributed by atoms with van der Waals surface area (Å²) in [5, 5.41) is 15.4. The summed E-state index contributed by atoms with van der Waals surface area (Å²) in [4.78, 5) is 42.4. The molecule has 6 N–H and O–H groups in total. The molecule has 0 heterocycles. The van der Waals surface area contributed by atoms with Gasteiger partial charge in [-0.05, 0) is 64.8 Å². The fraction of sp³-hybridized carbons (Fsp3) is 0.333. The number of nitrogens with one attached hydrogen (secondary N) is 4. The van der Waals surface area contributed by atoms with E-state index < -0.39 is 27.9 Å². The van der Waals surface area contributed by atoms with Crippen LogP contribution in [-0.4, -0.2) is 57.0 Å². The third-order valence-electron chi connectivity index (χ3n) is 9.42. The minimum Gasteiger partial charge on any atom is -0.384 e. The molecule has 0 radical (unpaired) electrons. The topological polar surface area (TPSA) is 175 Å². The van der Waals surface area contributed by atoms with E-state index in [1.54, 1.807) is 56.6 Å². The second kappa shape index (κ2) is 16.8. The molecule has 3 amide bonds. The van der Waals surface area contributed by atoms with Crippen molar-refractivity contribution in [1.82, 2.24) is 20.3 Å². The molecule has 1 aliphatic carbocycles. The number of hydrogen-bond donors (Lipinski definition) is 5. The van der Waals surface area contributed by atoms with E-state index in [0.29, 0.717) is 5.56 Å². The molecule has 12 heteroatoms. The molecule has 2 atom stereocenters. The van der Waals surface area contributed by atoms with Crippen LogP contribution in [0.5, 0.6) is 0 Å². The minimum atomic E-state index is -3.77. The number of nitrogens with zero attached hydrogens (tertiary/aromatic N) is 1. The number of carbonyl (C=O) groups excluding carboxylic acids is 3. The zero-order chi connectivity index (χ0) is 36.5. The second-order valence-electron chi connectivity index (χ2n) is 13.4. The van der Waals surface area contributed by atoms with Gasteiger partial charge in [0.25, 0.3) is 0 Å². The van der Waals surface area contributed by atoms with Gasteiger partial charge < -0.3 is 21.3 Å². The summed E-state index contributed by atoms with van der Waals surface area (Å²) < 4.78 is 28.9. The Morgan fingerprint density at radius 3 is 2.14 bits per heavy atom. The molecule has 1 saturated carbocycles. The molecule has 1 aliphatic rings. The lowest BCUT2D eigenvalue weighted by molar-refractivity contribution is -0.142.